The number of aliphatic imine (C=N–C) groups is 2. The summed E-state index contributed by atoms with van der Waals surface area (Å²) in [7, 11) is 0. The van der Waals surface area contributed by atoms with E-state index in [0.29, 0.717) is 0 Å². The van der Waals surface area contributed by atoms with E-state index in [1.807, 2.05) is 0 Å². The molecule has 0 bridgehead atoms. The van der Waals surface area contributed by atoms with E-state index in [0.717, 1.165) is 0 Å². The fourth-order valence-corrected chi connectivity index (χ4v) is 1.89. The SMILES string of the molecule is NCCC(=O)OCCOCN1C=NC2C(=O)NC(N)=NC21. The number of esters is 1. The van der Waals surface area contributed by atoms with Gasteiger partial charge in [-0.1, -0.05) is 0 Å². The Labute approximate surface area is 121 Å². The van der Waals surface area contributed by atoms with Gasteiger partial charge in [-0.05, 0) is 0 Å². The quantitative estimate of drug-likeness (QED) is 0.343. The molecule has 2 aliphatic heterocycles. The van der Waals surface area contributed by atoms with Crippen molar-refractivity contribution >= 4 is 24.2 Å². The molecule has 5 N–H and O–H groups in total. The predicted octanol–water partition coefficient (Wildman–Crippen LogP) is -2.66. The maximum atomic E-state index is 11.6. The smallest absolute Gasteiger partial charge is 0.307 e. The van der Waals surface area contributed by atoms with Crippen LogP contribution in [0.2, 0.25) is 0 Å². The first-order valence-electron chi connectivity index (χ1n) is 6.48. The Bertz CT molecular complexity index is 466. The van der Waals surface area contributed by atoms with Crippen LogP contribution >= 0.6 is 0 Å². The molecule has 2 aliphatic rings. The van der Waals surface area contributed by atoms with Gasteiger partial charge in [-0.25, -0.2) is 4.99 Å². The van der Waals surface area contributed by atoms with Crippen LogP contribution < -0.4 is 16.8 Å². The maximum Gasteiger partial charge on any atom is 0.307 e. The summed E-state index contributed by atoms with van der Waals surface area (Å²) in [5.41, 5.74) is 10.7. The van der Waals surface area contributed by atoms with Crippen molar-refractivity contribution in [2.75, 3.05) is 26.5 Å². The van der Waals surface area contributed by atoms with Gasteiger partial charge in [0.15, 0.2) is 18.2 Å². The summed E-state index contributed by atoms with van der Waals surface area (Å²) in [6.07, 6.45) is 1.20. The van der Waals surface area contributed by atoms with Crippen molar-refractivity contribution < 1.29 is 19.1 Å². The van der Waals surface area contributed by atoms with Crippen LogP contribution in [0.4, 0.5) is 0 Å². The second kappa shape index (κ2) is 6.99. The third kappa shape index (κ3) is 3.89. The number of fused-ring (bicyclic) bond motifs is 1. The van der Waals surface area contributed by atoms with Crippen molar-refractivity contribution in [1.29, 1.82) is 0 Å². The van der Waals surface area contributed by atoms with Crippen molar-refractivity contribution in [1.82, 2.24) is 10.2 Å². The van der Waals surface area contributed by atoms with Crippen LogP contribution in [0.15, 0.2) is 9.98 Å². The first-order valence-corrected chi connectivity index (χ1v) is 6.48. The zero-order chi connectivity index (χ0) is 15.2. The van der Waals surface area contributed by atoms with Gasteiger partial charge in [-0.3, -0.25) is 19.9 Å². The Kier molecular flexibility index (Phi) is 5.06. The highest BCUT2D eigenvalue weighted by Crippen LogP contribution is 2.17. The molecule has 0 saturated carbocycles. The number of hydrogen-bond donors (Lipinski definition) is 3. The van der Waals surface area contributed by atoms with E-state index >= 15 is 0 Å². The Morgan fingerprint density at radius 1 is 1.48 bits per heavy atom. The molecule has 0 radical (unpaired) electrons. The lowest BCUT2D eigenvalue weighted by atomic mass is 10.2. The van der Waals surface area contributed by atoms with Gasteiger partial charge in [0.05, 0.1) is 19.4 Å². The average Bonchev–Trinajstić information content (AvgIpc) is 2.82. The molecule has 2 atom stereocenters. The highest BCUT2D eigenvalue weighted by molar-refractivity contribution is 6.02. The Hall–Kier alpha value is -2.20. The third-order valence-corrected chi connectivity index (χ3v) is 2.87. The zero-order valence-electron chi connectivity index (χ0n) is 11.4. The van der Waals surface area contributed by atoms with E-state index in [1.165, 1.54) is 6.34 Å². The van der Waals surface area contributed by atoms with Crippen LogP contribution in [0.25, 0.3) is 0 Å². The number of nitrogens with one attached hydrogen (secondary N) is 1. The Morgan fingerprint density at radius 3 is 3.05 bits per heavy atom. The molecule has 10 heteroatoms. The minimum absolute atomic E-state index is 0.0625. The summed E-state index contributed by atoms with van der Waals surface area (Å²) >= 11 is 0. The number of carbonyl (C=O) groups excluding carboxylic acids is 2. The largest absolute Gasteiger partial charge is 0.463 e. The van der Waals surface area contributed by atoms with Crippen molar-refractivity contribution in [3.05, 3.63) is 0 Å². The average molecular weight is 298 g/mol. The van der Waals surface area contributed by atoms with Crippen molar-refractivity contribution in [2.45, 2.75) is 18.6 Å². The first kappa shape index (κ1) is 15.2. The van der Waals surface area contributed by atoms with E-state index < -0.39 is 12.2 Å². The Balaban J connectivity index is 1.70. The molecule has 2 heterocycles. The summed E-state index contributed by atoms with van der Waals surface area (Å²) in [6.45, 7) is 0.797. The molecule has 0 aromatic carbocycles. The van der Waals surface area contributed by atoms with Crippen LogP contribution in [-0.4, -0.2) is 67.8 Å². The number of carbonyl (C=O) groups is 2. The molecule has 2 rings (SSSR count). The standard InChI is InChI=1S/C11H18N6O4/c12-2-1-7(18)21-4-3-20-6-17-5-14-8-9(17)15-11(13)16-10(8)19/h5,8-9H,1-4,6,12H2,(H3,13,15,16,19). The van der Waals surface area contributed by atoms with Gasteiger partial charge in [-0.15, -0.1) is 0 Å². The predicted molar refractivity (Wildman–Crippen MR) is 73.1 cm³/mol. The molecule has 0 aromatic heterocycles. The molecule has 2 unspecified atom stereocenters. The van der Waals surface area contributed by atoms with Gasteiger partial charge in [0, 0.05) is 6.54 Å². The van der Waals surface area contributed by atoms with Gasteiger partial charge in [-0.2, -0.15) is 0 Å². The third-order valence-electron chi connectivity index (χ3n) is 2.87. The van der Waals surface area contributed by atoms with Crippen molar-refractivity contribution in [2.24, 2.45) is 21.5 Å². The summed E-state index contributed by atoms with van der Waals surface area (Å²) in [5.74, 6) is -0.584. The fraction of sp³-hybridized carbons (Fsp3) is 0.636. The zero-order valence-corrected chi connectivity index (χ0v) is 11.4. The van der Waals surface area contributed by atoms with Gasteiger partial charge < -0.3 is 25.8 Å². The minimum Gasteiger partial charge on any atom is -0.463 e. The lowest BCUT2D eigenvalue weighted by molar-refractivity contribution is -0.145. The fourth-order valence-electron chi connectivity index (χ4n) is 1.89. The van der Waals surface area contributed by atoms with Gasteiger partial charge in [0.1, 0.15) is 13.3 Å². The number of nitrogens with two attached hydrogens (primary N) is 2. The molecule has 116 valence electrons. The summed E-state index contributed by atoms with van der Waals surface area (Å²) in [4.78, 5) is 32.5. The van der Waals surface area contributed by atoms with Crippen LogP contribution in [0.1, 0.15) is 6.42 Å². The number of ether oxygens (including phenoxy) is 2. The lowest BCUT2D eigenvalue weighted by Gasteiger charge is -2.27. The monoisotopic (exact) mass is 298 g/mol. The van der Waals surface area contributed by atoms with E-state index in [1.54, 1.807) is 4.90 Å². The summed E-state index contributed by atoms with van der Waals surface area (Å²) < 4.78 is 10.2. The van der Waals surface area contributed by atoms with Crippen LogP contribution in [0, 0.1) is 0 Å². The minimum atomic E-state index is -0.608. The highest BCUT2D eigenvalue weighted by atomic mass is 16.6. The number of nitrogens with zero attached hydrogens (tertiary/aromatic N) is 3. The molecular formula is C11H18N6O4. The second-order valence-corrected chi connectivity index (χ2v) is 4.44. The molecule has 0 saturated heterocycles. The van der Waals surface area contributed by atoms with E-state index in [4.69, 9.17) is 20.9 Å². The number of guanidine groups is 1. The van der Waals surface area contributed by atoms with Crippen LogP contribution in [0.5, 0.6) is 0 Å². The lowest BCUT2D eigenvalue weighted by Crippen LogP contribution is -2.54. The molecule has 0 aromatic rings. The van der Waals surface area contributed by atoms with Crippen LogP contribution in [0.3, 0.4) is 0 Å². The van der Waals surface area contributed by atoms with Crippen molar-refractivity contribution in [3.8, 4) is 0 Å². The number of hydrogen-bond acceptors (Lipinski definition) is 9. The maximum absolute atomic E-state index is 11.6. The topological polar surface area (TPSA) is 145 Å². The normalized spacial score (nSPS) is 23.6. The summed E-state index contributed by atoms with van der Waals surface area (Å²) in [6, 6.07) is -0.608. The molecule has 0 fully saturated rings. The molecule has 21 heavy (non-hydrogen) atoms. The van der Waals surface area contributed by atoms with E-state index in [-0.39, 0.29) is 50.7 Å². The van der Waals surface area contributed by atoms with Gasteiger partial charge in [0.25, 0.3) is 5.91 Å². The summed E-state index contributed by atoms with van der Waals surface area (Å²) in [5, 5.41) is 2.41. The molecule has 10 nitrogen and oxygen atoms in total. The van der Waals surface area contributed by atoms with Crippen LogP contribution in [-0.2, 0) is 19.1 Å². The molecule has 0 spiro atoms. The number of rotatable bonds is 7. The Morgan fingerprint density at radius 2 is 2.29 bits per heavy atom. The van der Waals surface area contributed by atoms with Gasteiger partial charge >= 0.3 is 5.97 Å². The van der Waals surface area contributed by atoms with Gasteiger partial charge in [0.2, 0.25) is 0 Å². The highest BCUT2D eigenvalue weighted by Gasteiger charge is 2.39. The number of amides is 1. The first-order chi connectivity index (χ1) is 10.1. The van der Waals surface area contributed by atoms with E-state index in [2.05, 4.69) is 15.3 Å². The second-order valence-electron chi connectivity index (χ2n) is 4.44. The van der Waals surface area contributed by atoms with Crippen molar-refractivity contribution in [3.63, 3.8) is 0 Å². The molecule has 1 amide bonds. The molecule has 0 aliphatic carbocycles. The molecular weight excluding hydrogens is 280 g/mol. The van der Waals surface area contributed by atoms with E-state index in [9.17, 15) is 9.59 Å².